The summed E-state index contributed by atoms with van der Waals surface area (Å²) in [5.74, 6) is -1.27. The maximum absolute atomic E-state index is 12.3. The van der Waals surface area contributed by atoms with E-state index in [4.69, 9.17) is 4.74 Å². The molecule has 0 radical (unpaired) electrons. The maximum Gasteiger partial charge on any atom is 0.329 e. The number of amides is 1. The van der Waals surface area contributed by atoms with Gasteiger partial charge in [-0.25, -0.2) is 4.79 Å². The van der Waals surface area contributed by atoms with Gasteiger partial charge in [-0.05, 0) is 49.4 Å². The van der Waals surface area contributed by atoms with Gasteiger partial charge in [0.15, 0.2) is 6.61 Å². The van der Waals surface area contributed by atoms with Crippen LogP contribution in [0.4, 0.5) is 0 Å². The average molecular weight is 319 g/mol. The van der Waals surface area contributed by atoms with E-state index in [1.54, 1.807) is 13.8 Å². The third kappa shape index (κ3) is 5.20. The Morgan fingerprint density at radius 1 is 1.04 bits per heavy atom. The standard InChI is InChI=1S/C18H25NO4/c1-10(2)17(19-14(6)20)18(22)23-9-16(21)15-8-12(4)11(3)7-13(15)5/h7-8,10,17H,9H2,1-6H3,(H,19,20)/t17-/m0/s1. The molecule has 126 valence electrons. The predicted molar refractivity (Wildman–Crippen MR) is 88.4 cm³/mol. The molecule has 1 rings (SSSR count). The van der Waals surface area contributed by atoms with Crippen molar-refractivity contribution in [3.05, 3.63) is 34.4 Å². The molecule has 0 spiro atoms. The Kier molecular flexibility index (Phi) is 6.49. The zero-order valence-corrected chi connectivity index (χ0v) is 14.6. The third-order valence-corrected chi connectivity index (χ3v) is 3.77. The monoisotopic (exact) mass is 319 g/mol. The molecule has 0 aromatic heterocycles. The van der Waals surface area contributed by atoms with E-state index >= 15 is 0 Å². The molecule has 23 heavy (non-hydrogen) atoms. The number of ketones is 1. The molecule has 5 nitrogen and oxygen atoms in total. The van der Waals surface area contributed by atoms with Gasteiger partial charge in [0, 0.05) is 12.5 Å². The summed E-state index contributed by atoms with van der Waals surface area (Å²) in [6.45, 7) is 10.4. The highest BCUT2D eigenvalue weighted by Crippen LogP contribution is 2.16. The van der Waals surface area contributed by atoms with Crippen LogP contribution in [-0.4, -0.2) is 30.3 Å². The van der Waals surface area contributed by atoms with E-state index in [-0.39, 0.29) is 24.2 Å². The van der Waals surface area contributed by atoms with Gasteiger partial charge in [0.05, 0.1) is 0 Å². The molecule has 1 atom stereocenters. The normalized spacial score (nSPS) is 12.0. The summed E-state index contributed by atoms with van der Waals surface area (Å²) in [5.41, 5.74) is 3.54. The Bertz CT molecular complexity index is 620. The Labute approximate surface area is 137 Å². The van der Waals surface area contributed by atoms with Crippen molar-refractivity contribution in [2.75, 3.05) is 6.61 Å². The van der Waals surface area contributed by atoms with Gasteiger partial charge in [0.25, 0.3) is 0 Å². The molecule has 1 aromatic carbocycles. The van der Waals surface area contributed by atoms with Gasteiger partial charge in [-0.2, -0.15) is 0 Å². The maximum atomic E-state index is 12.3. The minimum absolute atomic E-state index is 0.121. The summed E-state index contributed by atoms with van der Waals surface area (Å²) < 4.78 is 5.10. The van der Waals surface area contributed by atoms with Crippen molar-refractivity contribution in [2.45, 2.75) is 47.6 Å². The first-order valence-corrected chi connectivity index (χ1v) is 7.68. The van der Waals surface area contributed by atoms with Crippen LogP contribution in [0.3, 0.4) is 0 Å². The number of esters is 1. The first kappa shape index (κ1) is 18.9. The van der Waals surface area contributed by atoms with Crippen LogP contribution >= 0.6 is 0 Å². The van der Waals surface area contributed by atoms with Gasteiger partial charge >= 0.3 is 5.97 Å². The molecule has 0 aliphatic carbocycles. The zero-order chi connectivity index (χ0) is 17.7. The second-order valence-corrected chi connectivity index (χ2v) is 6.20. The average Bonchev–Trinajstić information content (AvgIpc) is 2.45. The van der Waals surface area contributed by atoms with Crippen LogP contribution in [0.2, 0.25) is 0 Å². The van der Waals surface area contributed by atoms with Crippen molar-refractivity contribution in [3.63, 3.8) is 0 Å². The van der Waals surface area contributed by atoms with Crippen LogP contribution in [0.25, 0.3) is 0 Å². The lowest BCUT2D eigenvalue weighted by Crippen LogP contribution is -2.44. The molecule has 1 N–H and O–H groups in total. The highest BCUT2D eigenvalue weighted by molar-refractivity contribution is 5.99. The number of ether oxygens (including phenoxy) is 1. The SMILES string of the molecule is CC(=O)N[C@H](C(=O)OCC(=O)c1cc(C)c(C)cc1C)C(C)C. The lowest BCUT2D eigenvalue weighted by molar-refractivity contribution is -0.147. The molecule has 0 heterocycles. The van der Waals surface area contributed by atoms with Crippen molar-refractivity contribution < 1.29 is 19.1 Å². The molecule has 1 aromatic rings. The number of nitrogens with one attached hydrogen (secondary N) is 1. The number of carbonyl (C=O) groups is 3. The number of hydrogen-bond acceptors (Lipinski definition) is 4. The number of hydrogen-bond donors (Lipinski definition) is 1. The summed E-state index contributed by atoms with van der Waals surface area (Å²) in [6.07, 6.45) is 0. The van der Waals surface area contributed by atoms with Crippen LogP contribution in [0.15, 0.2) is 12.1 Å². The highest BCUT2D eigenvalue weighted by atomic mass is 16.5. The van der Waals surface area contributed by atoms with Gasteiger partial charge in [-0.3, -0.25) is 9.59 Å². The van der Waals surface area contributed by atoms with Crippen LogP contribution in [0.1, 0.15) is 47.8 Å². The molecule has 0 aliphatic rings. The second-order valence-electron chi connectivity index (χ2n) is 6.20. The second kappa shape index (κ2) is 7.90. The summed E-state index contributed by atoms with van der Waals surface area (Å²) >= 11 is 0. The fourth-order valence-corrected chi connectivity index (χ4v) is 2.28. The minimum atomic E-state index is -0.749. The molecule has 1 amide bonds. The number of carbonyl (C=O) groups excluding carboxylic acids is 3. The Morgan fingerprint density at radius 3 is 2.13 bits per heavy atom. The summed E-state index contributed by atoms with van der Waals surface area (Å²) in [4.78, 5) is 35.5. The van der Waals surface area contributed by atoms with Crippen molar-refractivity contribution in [3.8, 4) is 0 Å². The van der Waals surface area contributed by atoms with Gasteiger partial charge in [-0.15, -0.1) is 0 Å². The topological polar surface area (TPSA) is 72.5 Å². The van der Waals surface area contributed by atoms with E-state index in [0.29, 0.717) is 5.56 Å². The third-order valence-electron chi connectivity index (χ3n) is 3.77. The molecule has 0 saturated heterocycles. The minimum Gasteiger partial charge on any atom is -0.456 e. The summed E-state index contributed by atoms with van der Waals surface area (Å²) in [6, 6.07) is 3.01. The van der Waals surface area contributed by atoms with Gasteiger partial charge in [0.2, 0.25) is 11.7 Å². The molecular weight excluding hydrogens is 294 g/mol. The van der Waals surface area contributed by atoms with E-state index in [1.165, 1.54) is 6.92 Å². The van der Waals surface area contributed by atoms with Gasteiger partial charge in [-0.1, -0.05) is 19.9 Å². The quantitative estimate of drug-likeness (QED) is 0.646. The Hall–Kier alpha value is -2.17. The number of Topliss-reactive ketones (excluding diaryl/α,β-unsaturated/α-hetero) is 1. The molecule has 0 bridgehead atoms. The fourth-order valence-electron chi connectivity index (χ4n) is 2.28. The van der Waals surface area contributed by atoms with E-state index in [9.17, 15) is 14.4 Å². The zero-order valence-electron chi connectivity index (χ0n) is 14.6. The number of rotatable bonds is 6. The molecule has 0 unspecified atom stereocenters. The van der Waals surface area contributed by atoms with E-state index in [1.807, 2.05) is 32.9 Å². The molecule has 0 saturated carbocycles. The molecule has 5 heteroatoms. The fraction of sp³-hybridized carbons (Fsp3) is 0.500. The van der Waals surface area contributed by atoms with Gasteiger partial charge < -0.3 is 10.1 Å². The van der Waals surface area contributed by atoms with Crippen LogP contribution in [-0.2, 0) is 14.3 Å². The van der Waals surface area contributed by atoms with E-state index in [2.05, 4.69) is 5.32 Å². The van der Waals surface area contributed by atoms with Crippen molar-refractivity contribution in [1.29, 1.82) is 0 Å². The van der Waals surface area contributed by atoms with Crippen molar-refractivity contribution in [1.82, 2.24) is 5.32 Å². The van der Waals surface area contributed by atoms with Crippen molar-refractivity contribution >= 4 is 17.7 Å². The van der Waals surface area contributed by atoms with Crippen LogP contribution in [0, 0.1) is 26.7 Å². The lowest BCUT2D eigenvalue weighted by Gasteiger charge is -2.20. The highest BCUT2D eigenvalue weighted by Gasteiger charge is 2.25. The summed E-state index contributed by atoms with van der Waals surface area (Å²) in [7, 11) is 0. The Morgan fingerprint density at radius 2 is 1.61 bits per heavy atom. The first-order chi connectivity index (χ1) is 10.6. The van der Waals surface area contributed by atoms with Crippen molar-refractivity contribution in [2.24, 2.45) is 5.92 Å². The predicted octanol–water partition coefficient (Wildman–Crippen LogP) is 2.50. The van der Waals surface area contributed by atoms with E-state index < -0.39 is 12.0 Å². The summed E-state index contributed by atoms with van der Waals surface area (Å²) in [5, 5.41) is 2.55. The molecular formula is C18H25NO4. The first-order valence-electron chi connectivity index (χ1n) is 7.68. The molecule has 0 fully saturated rings. The van der Waals surface area contributed by atoms with Crippen LogP contribution < -0.4 is 5.32 Å². The number of benzene rings is 1. The van der Waals surface area contributed by atoms with E-state index in [0.717, 1.165) is 16.7 Å². The largest absolute Gasteiger partial charge is 0.456 e. The lowest BCUT2D eigenvalue weighted by atomic mass is 9.98. The van der Waals surface area contributed by atoms with Crippen LogP contribution in [0.5, 0.6) is 0 Å². The van der Waals surface area contributed by atoms with Gasteiger partial charge in [0.1, 0.15) is 6.04 Å². The smallest absolute Gasteiger partial charge is 0.329 e. The molecule has 0 aliphatic heterocycles. The number of aryl methyl sites for hydroxylation is 3. The Balaban J connectivity index is 2.77.